The van der Waals surface area contributed by atoms with Crippen molar-refractivity contribution in [3.05, 3.63) is 47.2 Å². The van der Waals surface area contributed by atoms with Crippen LogP contribution in [0.5, 0.6) is 5.75 Å². The lowest BCUT2D eigenvalue weighted by Gasteiger charge is -2.28. The fourth-order valence-electron chi connectivity index (χ4n) is 3.74. The number of nitrogen functional groups attached to an aromatic ring is 1. The van der Waals surface area contributed by atoms with Crippen LogP contribution in [0.3, 0.4) is 0 Å². The van der Waals surface area contributed by atoms with Crippen molar-refractivity contribution >= 4 is 28.4 Å². The van der Waals surface area contributed by atoms with Gasteiger partial charge in [0.2, 0.25) is 0 Å². The Kier molecular flexibility index (Phi) is 6.46. The molecule has 3 N–H and O–H groups in total. The number of hydrogen-bond acceptors (Lipinski definition) is 9. The first-order valence-corrected chi connectivity index (χ1v) is 10.3. The van der Waals surface area contributed by atoms with Crippen LogP contribution in [0.1, 0.15) is 21.6 Å². The number of nitrogens with one attached hydrogen (secondary N) is 1. The Morgan fingerprint density at radius 2 is 2.15 bits per heavy atom. The summed E-state index contributed by atoms with van der Waals surface area (Å²) in [7, 11) is 1.45. The van der Waals surface area contributed by atoms with Crippen molar-refractivity contribution < 1.29 is 18.7 Å². The van der Waals surface area contributed by atoms with Crippen molar-refractivity contribution in [1.29, 1.82) is 5.26 Å². The molecule has 1 saturated heterocycles. The number of nitrogens with two attached hydrogens (primary N) is 1. The van der Waals surface area contributed by atoms with Gasteiger partial charge in [0.05, 0.1) is 37.1 Å². The fraction of sp³-hybridized carbons (Fsp3) is 0.318. The van der Waals surface area contributed by atoms with Crippen LogP contribution < -0.4 is 15.8 Å². The zero-order valence-corrected chi connectivity index (χ0v) is 18.0. The van der Waals surface area contributed by atoms with Gasteiger partial charge in [0.25, 0.3) is 5.91 Å². The van der Waals surface area contributed by atoms with E-state index < -0.39 is 5.82 Å². The number of benzene rings is 1. The van der Waals surface area contributed by atoms with Crippen molar-refractivity contribution in [3.8, 4) is 11.8 Å². The molecule has 2 aromatic heterocycles. The molecule has 1 amide bonds. The number of methoxy groups -OCH3 is 1. The number of halogens is 1. The molecule has 0 bridgehead atoms. The minimum Gasteiger partial charge on any atom is -0.494 e. The van der Waals surface area contributed by atoms with E-state index in [1.54, 1.807) is 4.90 Å². The summed E-state index contributed by atoms with van der Waals surface area (Å²) in [4.78, 5) is 27.6. The van der Waals surface area contributed by atoms with Gasteiger partial charge in [-0.15, -0.1) is 0 Å². The Morgan fingerprint density at radius 1 is 1.36 bits per heavy atom. The second kappa shape index (κ2) is 9.62. The van der Waals surface area contributed by atoms with Crippen molar-refractivity contribution in [2.24, 2.45) is 0 Å². The average molecular weight is 451 g/mol. The first-order chi connectivity index (χ1) is 16.0. The van der Waals surface area contributed by atoms with Crippen molar-refractivity contribution in [2.75, 3.05) is 51.0 Å². The molecule has 0 saturated carbocycles. The molecular formula is C22H22FN7O3. The highest BCUT2D eigenvalue weighted by Gasteiger charge is 2.27. The minimum atomic E-state index is -0.470. The van der Waals surface area contributed by atoms with E-state index in [0.29, 0.717) is 61.7 Å². The molecule has 10 nitrogen and oxygen atoms in total. The summed E-state index contributed by atoms with van der Waals surface area (Å²) < 4.78 is 25.0. The maximum atomic E-state index is 14.1. The third-order valence-corrected chi connectivity index (χ3v) is 5.33. The summed E-state index contributed by atoms with van der Waals surface area (Å²) in [6, 6.07) is 6.11. The predicted molar refractivity (Wildman–Crippen MR) is 118 cm³/mol. The average Bonchev–Trinajstić information content (AvgIpc) is 2.83. The Morgan fingerprint density at radius 3 is 2.88 bits per heavy atom. The summed E-state index contributed by atoms with van der Waals surface area (Å²) in [6.07, 6.45) is 1.61. The molecule has 0 spiro atoms. The number of carbonyl (C=O) groups is 1. The Bertz CT molecular complexity index is 1240. The molecule has 1 fully saturated rings. The summed E-state index contributed by atoms with van der Waals surface area (Å²) in [5.41, 5.74) is 7.14. The lowest BCUT2D eigenvalue weighted by molar-refractivity contribution is 0.0302. The number of anilines is 2. The van der Waals surface area contributed by atoms with Gasteiger partial charge in [-0.05, 0) is 18.2 Å². The summed E-state index contributed by atoms with van der Waals surface area (Å²) in [5.74, 6) is -0.0674. The highest BCUT2D eigenvalue weighted by molar-refractivity contribution is 6.09. The van der Waals surface area contributed by atoms with E-state index in [2.05, 4.69) is 20.3 Å². The molecule has 3 heterocycles. The van der Waals surface area contributed by atoms with E-state index in [1.165, 1.54) is 31.6 Å². The molecule has 0 atom stereocenters. The molecule has 1 aliphatic rings. The van der Waals surface area contributed by atoms with E-state index >= 15 is 0 Å². The SMILES string of the molecule is COc1c(CCNc2ncnc(N)c2C#N)nc2ccc(F)cc2c1C(=O)N1CCOCC1. The Balaban J connectivity index is 1.70. The van der Waals surface area contributed by atoms with Gasteiger partial charge < -0.3 is 25.4 Å². The van der Waals surface area contributed by atoms with E-state index in [9.17, 15) is 14.4 Å². The number of morpholine rings is 1. The van der Waals surface area contributed by atoms with E-state index in [-0.39, 0.29) is 28.6 Å². The first kappa shape index (κ1) is 22.2. The maximum absolute atomic E-state index is 14.1. The smallest absolute Gasteiger partial charge is 0.258 e. The van der Waals surface area contributed by atoms with Gasteiger partial charge in [-0.25, -0.2) is 19.3 Å². The van der Waals surface area contributed by atoms with Crippen LogP contribution in [-0.2, 0) is 11.2 Å². The topological polar surface area (TPSA) is 139 Å². The molecule has 170 valence electrons. The van der Waals surface area contributed by atoms with E-state index in [4.69, 9.17) is 15.2 Å². The predicted octanol–water partition coefficient (Wildman–Crippen LogP) is 1.75. The van der Waals surface area contributed by atoms with E-state index in [1.807, 2.05) is 6.07 Å². The number of hydrogen-bond donors (Lipinski definition) is 2. The molecule has 1 aliphatic heterocycles. The zero-order chi connectivity index (χ0) is 23.4. The number of carbonyl (C=O) groups excluding carboxylic acids is 1. The lowest BCUT2D eigenvalue weighted by atomic mass is 10.0. The van der Waals surface area contributed by atoms with Crippen molar-refractivity contribution in [2.45, 2.75) is 6.42 Å². The lowest BCUT2D eigenvalue weighted by Crippen LogP contribution is -2.41. The maximum Gasteiger partial charge on any atom is 0.258 e. The monoisotopic (exact) mass is 451 g/mol. The Hall–Kier alpha value is -4.04. The summed E-state index contributed by atoms with van der Waals surface area (Å²) >= 11 is 0. The largest absolute Gasteiger partial charge is 0.494 e. The molecule has 0 unspecified atom stereocenters. The number of fused-ring (bicyclic) bond motifs is 1. The van der Waals surface area contributed by atoms with Gasteiger partial charge >= 0.3 is 0 Å². The highest BCUT2D eigenvalue weighted by atomic mass is 19.1. The molecule has 1 aromatic carbocycles. The number of amides is 1. The van der Waals surface area contributed by atoms with Gasteiger partial charge in [-0.3, -0.25) is 4.79 Å². The summed E-state index contributed by atoms with van der Waals surface area (Å²) in [6.45, 7) is 2.07. The normalized spacial score (nSPS) is 13.5. The molecule has 11 heteroatoms. The van der Waals surface area contributed by atoms with E-state index in [0.717, 1.165) is 0 Å². The summed E-state index contributed by atoms with van der Waals surface area (Å²) in [5, 5.41) is 12.7. The van der Waals surface area contributed by atoms with Gasteiger partial charge in [-0.2, -0.15) is 5.26 Å². The highest BCUT2D eigenvalue weighted by Crippen LogP contribution is 2.32. The Labute approximate surface area is 189 Å². The van der Waals surface area contributed by atoms with Gasteiger partial charge in [0.15, 0.2) is 5.75 Å². The van der Waals surface area contributed by atoms with Crippen LogP contribution in [0, 0.1) is 17.1 Å². The standard InChI is InChI=1S/C22H22FN7O3/c1-32-19-17(4-5-26-21-15(11-24)20(25)27-12-28-21)29-16-3-2-13(23)10-14(16)18(19)22(31)30-6-8-33-9-7-30/h2-3,10,12H,4-9H2,1H3,(H3,25,26,27,28). The second-order valence-corrected chi connectivity index (χ2v) is 7.30. The molecular weight excluding hydrogens is 429 g/mol. The number of nitrogens with zero attached hydrogens (tertiary/aromatic N) is 5. The van der Waals surface area contributed by atoms with Crippen molar-refractivity contribution in [1.82, 2.24) is 19.9 Å². The molecule has 0 radical (unpaired) electrons. The minimum absolute atomic E-state index is 0.0804. The quantitative estimate of drug-likeness (QED) is 0.574. The number of pyridine rings is 1. The number of nitriles is 1. The molecule has 3 aromatic rings. The van der Waals surface area contributed by atoms with Gasteiger partial charge in [0.1, 0.15) is 35.4 Å². The third-order valence-electron chi connectivity index (χ3n) is 5.33. The van der Waals surface area contributed by atoms with Crippen LogP contribution in [0.25, 0.3) is 10.9 Å². The van der Waals surface area contributed by atoms with Crippen LogP contribution in [0.15, 0.2) is 24.5 Å². The first-order valence-electron chi connectivity index (χ1n) is 10.3. The van der Waals surface area contributed by atoms with Crippen LogP contribution >= 0.6 is 0 Å². The van der Waals surface area contributed by atoms with Crippen LogP contribution in [-0.4, -0.2) is 65.7 Å². The molecule has 33 heavy (non-hydrogen) atoms. The van der Waals surface area contributed by atoms with Crippen molar-refractivity contribution in [3.63, 3.8) is 0 Å². The number of ether oxygens (including phenoxy) is 2. The van der Waals surface area contributed by atoms with Gasteiger partial charge in [0, 0.05) is 31.4 Å². The zero-order valence-electron chi connectivity index (χ0n) is 18.0. The molecule has 4 rings (SSSR count). The fourth-order valence-corrected chi connectivity index (χ4v) is 3.74. The van der Waals surface area contributed by atoms with Gasteiger partial charge in [-0.1, -0.05) is 0 Å². The third kappa shape index (κ3) is 4.47. The second-order valence-electron chi connectivity index (χ2n) is 7.30. The number of aromatic nitrogens is 3. The number of rotatable bonds is 6. The van der Waals surface area contributed by atoms with Crippen LogP contribution in [0.2, 0.25) is 0 Å². The molecule has 0 aliphatic carbocycles. The van der Waals surface area contributed by atoms with Crippen LogP contribution in [0.4, 0.5) is 16.0 Å².